The topological polar surface area (TPSA) is 64.0 Å². The number of hydrogen-bond donors (Lipinski definition) is 0. The zero-order valence-corrected chi connectivity index (χ0v) is 23.4. The smallest absolute Gasteiger partial charge is 0.255 e. The van der Waals surface area contributed by atoms with Crippen molar-refractivity contribution in [1.29, 1.82) is 0 Å². The van der Waals surface area contributed by atoms with E-state index in [0.29, 0.717) is 43.4 Å². The Bertz CT molecular complexity index is 1480. The third kappa shape index (κ3) is 5.91. The van der Waals surface area contributed by atoms with Crippen molar-refractivity contribution < 1.29 is 19.1 Å². The largest absolute Gasteiger partial charge is 0.497 e. The minimum absolute atomic E-state index is 0.0217. The van der Waals surface area contributed by atoms with Crippen LogP contribution in [0.5, 0.6) is 5.75 Å². The predicted octanol–water partition coefficient (Wildman–Crippen LogP) is 5.62. The molecule has 1 aliphatic rings. The van der Waals surface area contributed by atoms with Gasteiger partial charge in [-0.3, -0.25) is 9.59 Å². The number of ether oxygens (including phenoxy) is 2. The molecule has 0 radical (unpaired) electrons. The number of halogens is 1. The van der Waals surface area contributed by atoms with Crippen LogP contribution in [0.4, 0.5) is 0 Å². The second-order valence-corrected chi connectivity index (χ2v) is 10.1. The van der Waals surface area contributed by atoms with Gasteiger partial charge >= 0.3 is 0 Å². The van der Waals surface area contributed by atoms with Gasteiger partial charge in [-0.15, -0.1) is 0 Å². The van der Waals surface area contributed by atoms with E-state index in [0.717, 1.165) is 34.0 Å². The maximum Gasteiger partial charge on any atom is 0.255 e. The van der Waals surface area contributed by atoms with Gasteiger partial charge in [0.15, 0.2) is 0 Å². The molecule has 5 rings (SSSR count). The molecule has 1 aromatic heterocycles. The van der Waals surface area contributed by atoms with E-state index < -0.39 is 0 Å². The molecule has 0 atom stereocenters. The Balaban J connectivity index is 1.31. The van der Waals surface area contributed by atoms with E-state index in [-0.39, 0.29) is 18.4 Å². The monoisotopic (exact) mass is 557 g/mol. The van der Waals surface area contributed by atoms with Gasteiger partial charge in [0.05, 0.1) is 35.7 Å². The molecule has 1 fully saturated rings. The SMILES string of the molecule is COc1ccc(-c2cc(C(=O)N3CCN(C(=O)COCc4ccccc4)CC3)c(C)n2-c2ccccc2Cl)cc1. The van der Waals surface area contributed by atoms with Crippen LogP contribution in [-0.2, 0) is 16.1 Å². The Morgan fingerprint density at radius 3 is 2.17 bits per heavy atom. The average Bonchev–Trinajstić information content (AvgIpc) is 3.34. The van der Waals surface area contributed by atoms with E-state index in [1.54, 1.807) is 12.0 Å². The zero-order chi connectivity index (χ0) is 28.1. The molecule has 206 valence electrons. The molecule has 2 heterocycles. The first-order valence-corrected chi connectivity index (χ1v) is 13.6. The average molecular weight is 558 g/mol. The number of amides is 2. The molecule has 0 bridgehead atoms. The molecule has 4 aromatic rings. The summed E-state index contributed by atoms with van der Waals surface area (Å²) in [6, 6.07) is 27.0. The third-order valence-electron chi connectivity index (χ3n) is 7.21. The molecule has 0 N–H and O–H groups in total. The number of hydrogen-bond acceptors (Lipinski definition) is 4. The molecule has 1 saturated heterocycles. The van der Waals surface area contributed by atoms with E-state index in [2.05, 4.69) is 0 Å². The van der Waals surface area contributed by atoms with E-state index in [9.17, 15) is 9.59 Å². The van der Waals surface area contributed by atoms with Crippen LogP contribution in [0.25, 0.3) is 16.9 Å². The summed E-state index contributed by atoms with van der Waals surface area (Å²) in [4.78, 5) is 30.0. The van der Waals surface area contributed by atoms with Crippen molar-refractivity contribution in [2.24, 2.45) is 0 Å². The molecule has 3 aromatic carbocycles. The van der Waals surface area contributed by atoms with Crippen molar-refractivity contribution in [3.05, 3.63) is 107 Å². The predicted molar refractivity (Wildman–Crippen MR) is 156 cm³/mol. The lowest BCUT2D eigenvalue weighted by atomic mass is 10.1. The lowest BCUT2D eigenvalue weighted by Crippen LogP contribution is -2.51. The maximum absolute atomic E-state index is 13.8. The first-order valence-electron chi connectivity index (χ1n) is 13.3. The second kappa shape index (κ2) is 12.4. The zero-order valence-electron chi connectivity index (χ0n) is 22.7. The van der Waals surface area contributed by atoms with E-state index in [1.165, 1.54) is 0 Å². The van der Waals surface area contributed by atoms with Crippen LogP contribution in [0.2, 0.25) is 5.02 Å². The van der Waals surface area contributed by atoms with E-state index in [1.807, 2.05) is 101 Å². The van der Waals surface area contributed by atoms with Crippen LogP contribution in [0, 0.1) is 6.92 Å². The molecule has 0 unspecified atom stereocenters. The van der Waals surface area contributed by atoms with Gasteiger partial charge in [-0.25, -0.2) is 0 Å². The van der Waals surface area contributed by atoms with Crippen LogP contribution < -0.4 is 4.74 Å². The van der Waals surface area contributed by atoms with Gasteiger partial charge in [0.25, 0.3) is 5.91 Å². The lowest BCUT2D eigenvalue weighted by molar-refractivity contribution is -0.138. The van der Waals surface area contributed by atoms with Gasteiger partial charge in [-0.2, -0.15) is 0 Å². The van der Waals surface area contributed by atoms with Crippen molar-refractivity contribution >= 4 is 23.4 Å². The van der Waals surface area contributed by atoms with Gasteiger partial charge in [0, 0.05) is 31.9 Å². The van der Waals surface area contributed by atoms with Crippen LogP contribution >= 0.6 is 11.6 Å². The highest BCUT2D eigenvalue weighted by Crippen LogP contribution is 2.34. The number of piperazine rings is 1. The fraction of sp³-hybridized carbons (Fsp3) is 0.250. The van der Waals surface area contributed by atoms with E-state index in [4.69, 9.17) is 21.1 Å². The summed E-state index contributed by atoms with van der Waals surface area (Å²) in [6.07, 6.45) is 0. The van der Waals surface area contributed by atoms with Crippen LogP contribution in [0.15, 0.2) is 84.9 Å². The molecule has 0 saturated carbocycles. The summed E-state index contributed by atoms with van der Waals surface area (Å²) >= 11 is 6.61. The van der Waals surface area contributed by atoms with Crippen LogP contribution in [0.3, 0.4) is 0 Å². The molecule has 2 amide bonds. The number of rotatable bonds is 8. The molecular weight excluding hydrogens is 526 g/mol. The fourth-order valence-electron chi connectivity index (χ4n) is 4.99. The number of benzene rings is 3. The minimum atomic E-state index is -0.0644. The van der Waals surface area contributed by atoms with Gasteiger partial charge in [-0.1, -0.05) is 54.1 Å². The molecule has 7 nitrogen and oxygen atoms in total. The highest BCUT2D eigenvalue weighted by atomic mass is 35.5. The lowest BCUT2D eigenvalue weighted by Gasteiger charge is -2.34. The molecule has 0 aliphatic carbocycles. The second-order valence-electron chi connectivity index (χ2n) is 9.70. The molecule has 1 aliphatic heterocycles. The van der Waals surface area contributed by atoms with Gasteiger partial charge in [0.1, 0.15) is 12.4 Å². The van der Waals surface area contributed by atoms with Crippen LogP contribution in [-0.4, -0.2) is 66.1 Å². The van der Waals surface area contributed by atoms with Crippen molar-refractivity contribution in [1.82, 2.24) is 14.4 Å². The summed E-state index contributed by atoms with van der Waals surface area (Å²) in [5.41, 5.74) is 5.04. The Labute approximate surface area is 239 Å². The van der Waals surface area contributed by atoms with Gasteiger partial charge in [0.2, 0.25) is 5.91 Å². The maximum atomic E-state index is 13.8. The first-order chi connectivity index (χ1) is 19.5. The summed E-state index contributed by atoms with van der Waals surface area (Å²) in [7, 11) is 1.63. The number of nitrogens with zero attached hydrogens (tertiary/aromatic N) is 3. The summed E-state index contributed by atoms with van der Waals surface area (Å²) in [5, 5.41) is 0.594. The number of methoxy groups -OCH3 is 1. The summed E-state index contributed by atoms with van der Waals surface area (Å²) in [5.74, 6) is 0.627. The molecular formula is C32H32ClN3O4. The Morgan fingerprint density at radius 1 is 0.850 bits per heavy atom. The van der Waals surface area contributed by atoms with E-state index >= 15 is 0 Å². The number of carbonyl (C=O) groups is 2. The molecule has 40 heavy (non-hydrogen) atoms. The highest BCUT2D eigenvalue weighted by Gasteiger charge is 2.28. The Morgan fingerprint density at radius 2 is 1.50 bits per heavy atom. The number of para-hydroxylation sites is 1. The fourth-order valence-corrected chi connectivity index (χ4v) is 5.21. The van der Waals surface area contributed by atoms with Crippen LogP contribution in [0.1, 0.15) is 21.6 Å². The quantitative estimate of drug-likeness (QED) is 0.282. The van der Waals surface area contributed by atoms with Crippen molar-refractivity contribution in [2.75, 3.05) is 39.9 Å². The van der Waals surface area contributed by atoms with Gasteiger partial charge < -0.3 is 23.8 Å². The normalized spacial score (nSPS) is 13.4. The molecule has 8 heteroatoms. The highest BCUT2D eigenvalue weighted by molar-refractivity contribution is 6.32. The van der Waals surface area contributed by atoms with Crippen molar-refractivity contribution in [2.45, 2.75) is 13.5 Å². The summed E-state index contributed by atoms with van der Waals surface area (Å²) < 4.78 is 13.0. The summed E-state index contributed by atoms with van der Waals surface area (Å²) in [6.45, 7) is 4.20. The first kappa shape index (κ1) is 27.5. The minimum Gasteiger partial charge on any atom is -0.497 e. The Hall–Kier alpha value is -4.07. The third-order valence-corrected chi connectivity index (χ3v) is 7.53. The van der Waals surface area contributed by atoms with Crippen molar-refractivity contribution in [3.8, 4) is 22.7 Å². The number of carbonyl (C=O) groups excluding carboxylic acids is 2. The molecule has 0 spiro atoms. The standard InChI is InChI=1S/C32H32ClN3O4/c1-23-27(20-30(25-12-14-26(39-2)15-13-25)36(23)29-11-7-6-10-28(29)33)32(38)35-18-16-34(17-19-35)31(37)22-40-21-24-8-4-3-5-9-24/h3-15,20H,16-19,21-22H2,1-2H3. The Kier molecular flexibility index (Phi) is 8.53. The van der Waals surface area contributed by atoms with Crippen molar-refractivity contribution in [3.63, 3.8) is 0 Å². The van der Waals surface area contributed by atoms with Gasteiger partial charge in [-0.05, 0) is 60.5 Å². The number of aromatic nitrogens is 1.